The van der Waals surface area contributed by atoms with Crippen molar-refractivity contribution in [3.63, 3.8) is 0 Å². The summed E-state index contributed by atoms with van der Waals surface area (Å²) in [6, 6.07) is 12.1. The van der Waals surface area contributed by atoms with Gasteiger partial charge in [0, 0.05) is 12.1 Å². The van der Waals surface area contributed by atoms with Gasteiger partial charge in [0.05, 0.1) is 29.3 Å². The van der Waals surface area contributed by atoms with Crippen LogP contribution in [-0.4, -0.2) is 41.3 Å². The van der Waals surface area contributed by atoms with E-state index in [1.807, 2.05) is 0 Å². The lowest BCUT2D eigenvalue weighted by atomic mass is 10.2. The fourth-order valence-electron chi connectivity index (χ4n) is 2.28. The van der Waals surface area contributed by atoms with E-state index in [1.54, 1.807) is 24.3 Å². The number of hydrogen-bond acceptors (Lipinski definition) is 5. The van der Waals surface area contributed by atoms with Crippen LogP contribution in [0.15, 0.2) is 66.1 Å². The number of carbonyl (C=O) groups excluding carboxylic acids is 1. The number of methoxy groups -OCH3 is 1. The highest BCUT2D eigenvalue weighted by Gasteiger charge is 2.25. The lowest BCUT2D eigenvalue weighted by Crippen LogP contribution is -2.31. The van der Waals surface area contributed by atoms with Crippen molar-refractivity contribution in [2.24, 2.45) is 0 Å². The van der Waals surface area contributed by atoms with E-state index >= 15 is 0 Å². The van der Waals surface area contributed by atoms with Crippen LogP contribution in [0.25, 0.3) is 0 Å². The molecule has 2 rings (SSSR count). The predicted octanol–water partition coefficient (Wildman–Crippen LogP) is 3.52. The van der Waals surface area contributed by atoms with Crippen molar-refractivity contribution in [2.75, 3.05) is 31.2 Å². The average molecular weight is 410 g/mol. The maximum atomic E-state index is 13.1. The number of nitrogens with zero attached hydrogens (tertiary/aromatic N) is 1. The van der Waals surface area contributed by atoms with E-state index in [0.717, 1.165) is 0 Å². The third kappa shape index (κ3) is 5.32. The molecule has 0 heterocycles. The van der Waals surface area contributed by atoms with Crippen molar-refractivity contribution in [3.05, 3.63) is 71.8 Å². The summed E-state index contributed by atoms with van der Waals surface area (Å²) >= 11 is 5.88. The molecule has 0 aliphatic heterocycles. The lowest BCUT2D eigenvalue weighted by Gasteiger charge is -2.23. The van der Waals surface area contributed by atoms with Gasteiger partial charge in [0.1, 0.15) is 6.61 Å². The third-order valence-electron chi connectivity index (χ3n) is 3.59. The maximum absolute atomic E-state index is 13.1. The minimum atomic E-state index is -3.92. The van der Waals surface area contributed by atoms with Gasteiger partial charge in [-0.2, -0.15) is 0 Å². The Morgan fingerprint density at radius 2 is 1.89 bits per heavy atom. The van der Waals surface area contributed by atoms with Gasteiger partial charge in [-0.15, -0.1) is 6.58 Å². The molecule has 0 aliphatic rings. The summed E-state index contributed by atoms with van der Waals surface area (Å²) in [7, 11) is -2.43. The van der Waals surface area contributed by atoms with E-state index in [0.29, 0.717) is 10.7 Å². The van der Waals surface area contributed by atoms with Crippen molar-refractivity contribution in [1.82, 2.24) is 0 Å². The topological polar surface area (TPSA) is 72.9 Å². The largest absolute Gasteiger partial charge is 0.460 e. The number of ether oxygens (including phenoxy) is 2. The Labute approximate surface area is 164 Å². The molecule has 144 valence electrons. The zero-order valence-electron chi connectivity index (χ0n) is 14.8. The molecule has 0 saturated heterocycles. The molecule has 8 heteroatoms. The molecule has 2 aromatic rings. The van der Waals surface area contributed by atoms with Gasteiger partial charge < -0.3 is 9.47 Å². The first-order valence-electron chi connectivity index (χ1n) is 8.05. The van der Waals surface area contributed by atoms with Gasteiger partial charge in [-0.05, 0) is 42.5 Å². The molecule has 0 radical (unpaired) electrons. The summed E-state index contributed by atoms with van der Waals surface area (Å²) in [5, 5.41) is 0.496. The van der Waals surface area contributed by atoms with Crippen molar-refractivity contribution in [3.8, 4) is 0 Å². The Bertz CT molecular complexity index is 897. The number of esters is 1. The van der Waals surface area contributed by atoms with E-state index in [4.69, 9.17) is 21.1 Å². The Hall–Kier alpha value is -2.35. The normalized spacial score (nSPS) is 11.0. The Balaban J connectivity index is 2.35. The summed E-state index contributed by atoms with van der Waals surface area (Å²) in [6.07, 6.45) is 1.48. The lowest BCUT2D eigenvalue weighted by molar-refractivity contribution is 0.0388. The molecule has 0 atom stereocenters. The van der Waals surface area contributed by atoms with Crippen LogP contribution in [0.4, 0.5) is 5.69 Å². The van der Waals surface area contributed by atoms with Crippen molar-refractivity contribution in [1.29, 1.82) is 0 Å². The van der Waals surface area contributed by atoms with Crippen LogP contribution in [0.3, 0.4) is 0 Å². The SMILES string of the molecule is C=CCN(c1ccc(Cl)cc1)S(=O)(=O)c1cccc(C(=O)OCCOC)c1. The molecule has 0 unspecified atom stereocenters. The van der Waals surface area contributed by atoms with Crippen LogP contribution in [0.5, 0.6) is 0 Å². The highest BCUT2D eigenvalue weighted by molar-refractivity contribution is 7.92. The van der Waals surface area contributed by atoms with Crippen LogP contribution in [-0.2, 0) is 19.5 Å². The van der Waals surface area contributed by atoms with Gasteiger partial charge in [-0.1, -0.05) is 23.7 Å². The van der Waals surface area contributed by atoms with Crippen LogP contribution in [0, 0.1) is 0 Å². The summed E-state index contributed by atoms with van der Waals surface area (Å²) in [4.78, 5) is 12.1. The first-order chi connectivity index (χ1) is 12.9. The summed E-state index contributed by atoms with van der Waals surface area (Å²) in [6.45, 7) is 4.02. The van der Waals surface area contributed by atoms with Gasteiger partial charge >= 0.3 is 5.97 Å². The summed E-state index contributed by atoms with van der Waals surface area (Å²) < 4.78 is 37.3. The molecule has 0 bridgehead atoms. The quantitative estimate of drug-likeness (QED) is 0.360. The minimum absolute atomic E-state index is 0.0273. The van der Waals surface area contributed by atoms with Crippen LogP contribution < -0.4 is 4.31 Å². The summed E-state index contributed by atoms with van der Waals surface area (Å²) in [5.41, 5.74) is 0.578. The number of anilines is 1. The maximum Gasteiger partial charge on any atom is 0.338 e. The highest BCUT2D eigenvalue weighted by atomic mass is 35.5. The van der Waals surface area contributed by atoms with Crippen molar-refractivity contribution < 1.29 is 22.7 Å². The van der Waals surface area contributed by atoms with Crippen LogP contribution in [0.1, 0.15) is 10.4 Å². The molecule has 0 N–H and O–H groups in total. The van der Waals surface area contributed by atoms with Crippen molar-refractivity contribution >= 4 is 33.3 Å². The van der Waals surface area contributed by atoms with Gasteiger partial charge in [0.25, 0.3) is 10.0 Å². The molecule has 27 heavy (non-hydrogen) atoms. The molecule has 6 nitrogen and oxygen atoms in total. The standard InChI is InChI=1S/C19H20ClNO5S/c1-3-11-21(17-9-7-16(20)8-10-17)27(23,24)18-6-4-5-15(14-18)19(22)26-13-12-25-2/h3-10,14H,1,11-13H2,2H3. The Kier molecular flexibility index (Phi) is 7.41. The van der Waals surface area contributed by atoms with Gasteiger partial charge in [0.2, 0.25) is 0 Å². The summed E-state index contributed by atoms with van der Waals surface area (Å²) in [5.74, 6) is -0.620. The number of sulfonamides is 1. The van der Waals surface area contributed by atoms with E-state index in [1.165, 1.54) is 41.8 Å². The zero-order valence-corrected chi connectivity index (χ0v) is 16.4. The predicted molar refractivity (Wildman–Crippen MR) is 105 cm³/mol. The fraction of sp³-hybridized carbons (Fsp3) is 0.211. The van der Waals surface area contributed by atoms with E-state index in [2.05, 4.69) is 6.58 Å². The number of benzene rings is 2. The molecule has 0 spiro atoms. The number of rotatable bonds is 9. The molecule has 0 aromatic heterocycles. The first-order valence-corrected chi connectivity index (χ1v) is 9.87. The molecule has 2 aromatic carbocycles. The van der Waals surface area contributed by atoms with E-state index in [-0.39, 0.29) is 30.2 Å². The van der Waals surface area contributed by atoms with Crippen molar-refractivity contribution in [2.45, 2.75) is 4.90 Å². The molecule has 0 fully saturated rings. The second kappa shape index (κ2) is 9.55. The number of carbonyl (C=O) groups is 1. The molecule has 0 saturated carbocycles. The van der Waals surface area contributed by atoms with Crippen LogP contribution in [0.2, 0.25) is 5.02 Å². The second-order valence-corrected chi connectivity index (χ2v) is 7.76. The zero-order chi connectivity index (χ0) is 19.9. The average Bonchev–Trinajstić information content (AvgIpc) is 2.67. The van der Waals surface area contributed by atoms with Gasteiger partial charge in [0.15, 0.2) is 0 Å². The van der Waals surface area contributed by atoms with E-state index in [9.17, 15) is 13.2 Å². The molecular weight excluding hydrogens is 390 g/mol. The van der Waals surface area contributed by atoms with Gasteiger partial charge in [-0.3, -0.25) is 4.31 Å². The van der Waals surface area contributed by atoms with Crippen LogP contribution >= 0.6 is 11.6 Å². The monoisotopic (exact) mass is 409 g/mol. The third-order valence-corrected chi connectivity index (χ3v) is 5.63. The van der Waals surface area contributed by atoms with Gasteiger partial charge in [-0.25, -0.2) is 13.2 Å². The molecule has 0 aliphatic carbocycles. The molecular formula is C19H20ClNO5S. The Morgan fingerprint density at radius 3 is 2.52 bits per heavy atom. The first kappa shape index (κ1) is 21.0. The van der Waals surface area contributed by atoms with E-state index < -0.39 is 16.0 Å². The fourth-order valence-corrected chi connectivity index (χ4v) is 3.89. The molecule has 0 amide bonds. The smallest absolute Gasteiger partial charge is 0.338 e. The number of hydrogen-bond donors (Lipinski definition) is 0. The number of halogens is 1. The Morgan fingerprint density at radius 1 is 1.19 bits per heavy atom. The second-order valence-electron chi connectivity index (χ2n) is 5.46. The highest BCUT2D eigenvalue weighted by Crippen LogP contribution is 2.25. The minimum Gasteiger partial charge on any atom is -0.460 e.